The van der Waals surface area contributed by atoms with Gasteiger partial charge in [0.05, 0.1) is 4.92 Å². The largest absolute Gasteiger partial charge is 0.481 e. The van der Waals surface area contributed by atoms with E-state index in [9.17, 15) is 14.9 Å². The molecule has 0 aliphatic carbocycles. The molecule has 1 aromatic carbocycles. The lowest BCUT2D eigenvalue weighted by Crippen LogP contribution is -2.20. The SMILES string of the molecule is Cc1cc(N2CCC(CCC(=O)O)C2)cc([N+](=O)[O-])c1. The Balaban J connectivity index is 2.06. The van der Waals surface area contributed by atoms with Crippen LogP contribution >= 0.6 is 0 Å². The van der Waals surface area contributed by atoms with Crippen molar-refractivity contribution in [2.24, 2.45) is 5.92 Å². The van der Waals surface area contributed by atoms with E-state index in [-0.39, 0.29) is 17.0 Å². The number of carboxylic acid groups (broad SMARTS) is 1. The second kappa shape index (κ2) is 5.90. The highest BCUT2D eigenvalue weighted by Crippen LogP contribution is 2.30. The molecule has 1 unspecified atom stereocenters. The fraction of sp³-hybridized carbons (Fsp3) is 0.500. The molecule has 1 aliphatic heterocycles. The van der Waals surface area contributed by atoms with E-state index >= 15 is 0 Å². The third-order valence-corrected chi connectivity index (χ3v) is 3.68. The van der Waals surface area contributed by atoms with Crippen LogP contribution in [-0.4, -0.2) is 29.1 Å². The number of non-ortho nitro benzene ring substituents is 1. The predicted octanol–water partition coefficient (Wildman–Crippen LogP) is 2.59. The van der Waals surface area contributed by atoms with Gasteiger partial charge in [0.2, 0.25) is 0 Å². The maximum atomic E-state index is 10.9. The molecular weight excluding hydrogens is 260 g/mol. The number of rotatable bonds is 5. The molecule has 1 saturated heterocycles. The Morgan fingerprint density at radius 2 is 2.25 bits per heavy atom. The van der Waals surface area contributed by atoms with E-state index in [0.717, 1.165) is 30.8 Å². The molecule has 20 heavy (non-hydrogen) atoms. The van der Waals surface area contributed by atoms with E-state index < -0.39 is 5.97 Å². The number of nitro groups is 1. The molecule has 0 spiro atoms. The van der Waals surface area contributed by atoms with Crippen molar-refractivity contribution in [2.45, 2.75) is 26.2 Å². The molecule has 1 N–H and O–H groups in total. The number of carbonyl (C=O) groups is 1. The van der Waals surface area contributed by atoms with Crippen molar-refractivity contribution in [3.8, 4) is 0 Å². The van der Waals surface area contributed by atoms with Gasteiger partial charge >= 0.3 is 5.97 Å². The van der Waals surface area contributed by atoms with Crippen LogP contribution in [0.2, 0.25) is 0 Å². The normalized spacial score (nSPS) is 18.2. The summed E-state index contributed by atoms with van der Waals surface area (Å²) in [5, 5.41) is 19.6. The molecule has 1 aliphatic rings. The van der Waals surface area contributed by atoms with Crippen LogP contribution in [0.3, 0.4) is 0 Å². The summed E-state index contributed by atoms with van der Waals surface area (Å²) in [7, 11) is 0. The van der Waals surface area contributed by atoms with Gasteiger partial charge < -0.3 is 10.0 Å². The average Bonchev–Trinajstić information content (AvgIpc) is 2.84. The number of hydrogen-bond donors (Lipinski definition) is 1. The molecular formula is C14H18N2O4. The van der Waals surface area contributed by atoms with Crippen molar-refractivity contribution < 1.29 is 14.8 Å². The Kier molecular flexibility index (Phi) is 4.22. The Bertz CT molecular complexity index is 530. The van der Waals surface area contributed by atoms with Gasteiger partial charge in [-0.2, -0.15) is 0 Å². The number of aliphatic carboxylic acids is 1. The lowest BCUT2D eigenvalue weighted by Gasteiger charge is -2.19. The van der Waals surface area contributed by atoms with E-state index in [1.54, 1.807) is 12.1 Å². The van der Waals surface area contributed by atoms with Crippen LogP contribution in [-0.2, 0) is 4.79 Å². The quantitative estimate of drug-likeness (QED) is 0.661. The van der Waals surface area contributed by atoms with Crippen LogP contribution in [0, 0.1) is 23.0 Å². The third kappa shape index (κ3) is 3.46. The molecule has 108 valence electrons. The molecule has 6 nitrogen and oxygen atoms in total. The zero-order chi connectivity index (χ0) is 14.7. The van der Waals surface area contributed by atoms with Crippen LogP contribution in [0.4, 0.5) is 11.4 Å². The molecule has 1 atom stereocenters. The van der Waals surface area contributed by atoms with E-state index in [1.165, 1.54) is 0 Å². The lowest BCUT2D eigenvalue weighted by atomic mass is 10.0. The first-order valence-corrected chi connectivity index (χ1v) is 6.68. The number of hydrogen-bond acceptors (Lipinski definition) is 4. The van der Waals surface area contributed by atoms with Gasteiger partial charge in [0.1, 0.15) is 0 Å². The molecule has 2 rings (SSSR count). The molecule has 1 heterocycles. The van der Waals surface area contributed by atoms with Crippen molar-refractivity contribution in [2.75, 3.05) is 18.0 Å². The van der Waals surface area contributed by atoms with Crippen LogP contribution < -0.4 is 4.90 Å². The highest BCUT2D eigenvalue weighted by atomic mass is 16.6. The average molecular weight is 278 g/mol. The van der Waals surface area contributed by atoms with Crippen LogP contribution in [0.15, 0.2) is 18.2 Å². The van der Waals surface area contributed by atoms with Gasteiger partial charge in [0.15, 0.2) is 0 Å². The summed E-state index contributed by atoms with van der Waals surface area (Å²) in [6, 6.07) is 5.08. The number of aryl methyl sites for hydroxylation is 1. The van der Waals surface area contributed by atoms with Crippen molar-refractivity contribution in [3.05, 3.63) is 33.9 Å². The summed E-state index contributed by atoms with van der Waals surface area (Å²) >= 11 is 0. The minimum atomic E-state index is -0.769. The molecule has 0 radical (unpaired) electrons. The number of anilines is 1. The van der Waals surface area contributed by atoms with Crippen LogP contribution in [0.25, 0.3) is 0 Å². The molecule has 1 fully saturated rings. The van der Waals surface area contributed by atoms with Gasteiger partial charge in [-0.05, 0) is 37.3 Å². The third-order valence-electron chi connectivity index (χ3n) is 3.68. The Hall–Kier alpha value is -2.11. The fourth-order valence-corrected chi connectivity index (χ4v) is 2.66. The summed E-state index contributed by atoms with van der Waals surface area (Å²) in [4.78, 5) is 23.2. The number of benzene rings is 1. The zero-order valence-electron chi connectivity index (χ0n) is 11.4. The van der Waals surface area contributed by atoms with Crippen molar-refractivity contribution >= 4 is 17.3 Å². The summed E-state index contributed by atoms with van der Waals surface area (Å²) in [6.07, 6.45) is 1.79. The maximum Gasteiger partial charge on any atom is 0.303 e. The Morgan fingerprint density at radius 1 is 1.50 bits per heavy atom. The van der Waals surface area contributed by atoms with Crippen molar-refractivity contribution in [3.63, 3.8) is 0 Å². The Morgan fingerprint density at radius 3 is 2.90 bits per heavy atom. The van der Waals surface area contributed by atoms with E-state index in [1.807, 2.05) is 13.0 Å². The molecule has 0 bridgehead atoms. The number of nitro benzene ring substituents is 1. The summed E-state index contributed by atoms with van der Waals surface area (Å²) < 4.78 is 0. The lowest BCUT2D eigenvalue weighted by molar-refractivity contribution is -0.384. The van der Waals surface area contributed by atoms with E-state index in [0.29, 0.717) is 12.3 Å². The minimum Gasteiger partial charge on any atom is -0.481 e. The zero-order valence-corrected chi connectivity index (χ0v) is 11.4. The van der Waals surface area contributed by atoms with Gasteiger partial charge in [0, 0.05) is 37.3 Å². The Labute approximate surface area is 117 Å². The van der Waals surface area contributed by atoms with E-state index in [4.69, 9.17) is 5.11 Å². The molecule has 1 aromatic rings. The second-order valence-corrected chi connectivity index (χ2v) is 5.32. The monoisotopic (exact) mass is 278 g/mol. The molecule has 0 saturated carbocycles. The maximum absolute atomic E-state index is 10.9. The van der Waals surface area contributed by atoms with Crippen molar-refractivity contribution in [1.29, 1.82) is 0 Å². The summed E-state index contributed by atoms with van der Waals surface area (Å²) in [5.74, 6) is -0.416. The number of nitrogens with zero attached hydrogens (tertiary/aromatic N) is 2. The van der Waals surface area contributed by atoms with Gasteiger partial charge in [-0.1, -0.05) is 0 Å². The topological polar surface area (TPSA) is 83.7 Å². The van der Waals surface area contributed by atoms with Crippen LogP contribution in [0.5, 0.6) is 0 Å². The predicted molar refractivity (Wildman–Crippen MR) is 75.0 cm³/mol. The van der Waals surface area contributed by atoms with Gasteiger partial charge in [-0.25, -0.2) is 0 Å². The number of carboxylic acids is 1. The fourth-order valence-electron chi connectivity index (χ4n) is 2.66. The van der Waals surface area contributed by atoms with Crippen LogP contribution in [0.1, 0.15) is 24.8 Å². The summed E-state index contributed by atoms with van der Waals surface area (Å²) in [5.41, 5.74) is 1.83. The molecule has 0 aromatic heterocycles. The van der Waals surface area contributed by atoms with Gasteiger partial charge in [0.25, 0.3) is 5.69 Å². The minimum absolute atomic E-state index is 0.106. The van der Waals surface area contributed by atoms with Crippen molar-refractivity contribution in [1.82, 2.24) is 0 Å². The highest BCUT2D eigenvalue weighted by molar-refractivity contribution is 5.66. The van der Waals surface area contributed by atoms with E-state index in [2.05, 4.69) is 4.90 Å². The summed E-state index contributed by atoms with van der Waals surface area (Å²) in [6.45, 7) is 3.44. The first kappa shape index (κ1) is 14.3. The molecule has 6 heteroatoms. The smallest absolute Gasteiger partial charge is 0.303 e. The molecule has 0 amide bonds. The highest BCUT2D eigenvalue weighted by Gasteiger charge is 2.24. The first-order chi connectivity index (χ1) is 9.45. The standard InChI is InChI=1S/C14H18N2O4/c1-10-6-12(8-13(7-10)16(19)20)15-5-4-11(9-15)2-3-14(17)18/h6-8,11H,2-5,9H2,1H3,(H,17,18). The van der Waals surface area contributed by atoms with Gasteiger partial charge in [-0.15, -0.1) is 0 Å². The second-order valence-electron chi connectivity index (χ2n) is 5.32. The van der Waals surface area contributed by atoms with Gasteiger partial charge in [-0.3, -0.25) is 14.9 Å². The first-order valence-electron chi connectivity index (χ1n) is 6.68.